The third-order valence-electron chi connectivity index (χ3n) is 4.22. The Balaban J connectivity index is 1.59. The fraction of sp³-hybridized carbons (Fsp3) is 0.0909. The number of aromatic amines is 1. The second-order valence-corrected chi connectivity index (χ2v) is 6.22. The van der Waals surface area contributed by atoms with E-state index in [1.54, 1.807) is 42.5 Å². The molecule has 4 aromatic rings. The van der Waals surface area contributed by atoms with E-state index in [9.17, 15) is 4.79 Å². The van der Waals surface area contributed by atoms with Gasteiger partial charge in [-0.25, -0.2) is 9.78 Å². The van der Waals surface area contributed by atoms with Crippen LogP contribution >= 0.6 is 0 Å². The van der Waals surface area contributed by atoms with E-state index in [1.165, 1.54) is 24.4 Å². The van der Waals surface area contributed by atoms with Crippen molar-refractivity contribution < 1.29 is 16.4 Å². The van der Waals surface area contributed by atoms with Crippen LogP contribution < -0.4 is 21.1 Å². The second kappa shape index (κ2) is 7.93. The molecule has 0 unspecified atom stereocenters. The first-order chi connectivity index (χ1) is 16.0. The van der Waals surface area contributed by atoms with Crippen molar-refractivity contribution in [2.45, 2.75) is 6.37 Å². The van der Waals surface area contributed by atoms with Gasteiger partial charge in [0.25, 0.3) is 0 Å². The van der Waals surface area contributed by atoms with E-state index < -0.39 is 19.4 Å². The van der Waals surface area contributed by atoms with Gasteiger partial charge >= 0.3 is 6.03 Å². The largest absolute Gasteiger partial charge is 0.495 e. The van der Waals surface area contributed by atoms with E-state index in [0.717, 1.165) is 0 Å². The molecular formula is C22H21N5O2. The molecular weight excluding hydrogens is 366 g/mol. The Morgan fingerprint density at radius 1 is 1.17 bits per heavy atom. The van der Waals surface area contributed by atoms with Crippen molar-refractivity contribution >= 4 is 34.1 Å². The Kier molecular flexibility index (Phi) is 3.62. The predicted octanol–water partition coefficient (Wildman–Crippen LogP) is 4.39. The van der Waals surface area contributed by atoms with Crippen LogP contribution in [0.25, 0.3) is 10.9 Å². The maximum absolute atomic E-state index is 12.7. The summed E-state index contributed by atoms with van der Waals surface area (Å²) in [5.41, 5.74) is 7.56. The lowest BCUT2D eigenvalue weighted by atomic mass is 10.1. The maximum atomic E-state index is 12.7. The fourth-order valence-corrected chi connectivity index (χ4v) is 2.95. The molecule has 2 amide bonds. The predicted molar refractivity (Wildman–Crippen MR) is 115 cm³/mol. The number of nitrogens with zero attached hydrogens (tertiary/aromatic N) is 1. The summed E-state index contributed by atoms with van der Waals surface area (Å²) in [6.45, 7) is 0. The number of methoxy groups -OCH3 is 1. The molecule has 0 aliphatic rings. The summed E-state index contributed by atoms with van der Waals surface area (Å²) >= 11 is 0. The standard InChI is InChI=1S/C22H21N5O2/c1-29-20-8-3-2-5-19(20)27-22(28)26-18-7-4-6-17-16(18)13-15(25-17)11-14-9-10-24-21(23)12-14/h2-10,12-13,25H,11H2,1H3,(H2,23,24)(H2,26,27,28)/i1D3,11D2. The molecule has 29 heavy (non-hydrogen) atoms. The molecule has 7 heteroatoms. The third-order valence-corrected chi connectivity index (χ3v) is 4.22. The fourth-order valence-electron chi connectivity index (χ4n) is 2.95. The first-order valence-electron chi connectivity index (χ1n) is 11.2. The SMILES string of the molecule is [2H]C([2H])([2H])Oc1ccccc1NC(=O)Nc1cccc2[nH]c(C([2H])([2H])c3ccnc(N)c3)cc12. The number of hydrogen-bond donors (Lipinski definition) is 4. The molecule has 0 aliphatic carbocycles. The number of ether oxygens (including phenoxy) is 1. The lowest BCUT2D eigenvalue weighted by molar-refractivity contribution is 0.262. The average molecular weight is 392 g/mol. The van der Waals surface area contributed by atoms with Gasteiger partial charge in [0.1, 0.15) is 11.6 Å². The van der Waals surface area contributed by atoms with E-state index >= 15 is 0 Å². The van der Waals surface area contributed by atoms with Gasteiger partial charge < -0.3 is 26.1 Å². The van der Waals surface area contributed by atoms with Crippen molar-refractivity contribution in [1.82, 2.24) is 9.97 Å². The molecule has 0 saturated heterocycles. The van der Waals surface area contributed by atoms with Crippen LogP contribution in [0.2, 0.25) is 0 Å². The van der Waals surface area contributed by atoms with E-state index in [0.29, 0.717) is 22.2 Å². The lowest BCUT2D eigenvalue weighted by Crippen LogP contribution is -2.19. The highest BCUT2D eigenvalue weighted by Gasteiger charge is 2.11. The molecule has 7 nitrogen and oxygen atoms in total. The number of nitrogen functional groups attached to an aromatic ring is 1. The number of carbonyl (C=O) groups excluding carboxylic acids is 1. The molecule has 5 N–H and O–H groups in total. The molecule has 2 heterocycles. The van der Waals surface area contributed by atoms with Gasteiger partial charge in [0.2, 0.25) is 0 Å². The van der Waals surface area contributed by atoms with Crippen LogP contribution in [0, 0.1) is 0 Å². The molecule has 0 radical (unpaired) electrons. The number of nitrogens with two attached hydrogens (primary N) is 1. The van der Waals surface area contributed by atoms with Crippen LogP contribution in [0.4, 0.5) is 22.0 Å². The number of rotatable bonds is 5. The molecule has 4 rings (SSSR count). The highest BCUT2D eigenvalue weighted by molar-refractivity contribution is 6.06. The summed E-state index contributed by atoms with van der Waals surface area (Å²) < 4.78 is 44.0. The quantitative estimate of drug-likeness (QED) is 0.404. The minimum Gasteiger partial charge on any atom is -0.495 e. The number of fused-ring (bicyclic) bond motifs is 1. The number of amides is 2. The van der Waals surface area contributed by atoms with Crippen molar-refractivity contribution in [3.63, 3.8) is 0 Å². The van der Waals surface area contributed by atoms with Crippen LogP contribution in [0.1, 0.15) is 18.1 Å². The monoisotopic (exact) mass is 392 g/mol. The van der Waals surface area contributed by atoms with Gasteiger partial charge in [-0.1, -0.05) is 18.2 Å². The molecule has 0 fully saturated rings. The van der Waals surface area contributed by atoms with Crippen molar-refractivity contribution in [3.8, 4) is 5.75 Å². The number of anilines is 3. The van der Waals surface area contributed by atoms with Crippen LogP contribution in [0.3, 0.4) is 0 Å². The average Bonchev–Trinajstić information content (AvgIpc) is 3.20. The molecule has 0 aliphatic heterocycles. The Morgan fingerprint density at radius 2 is 2.00 bits per heavy atom. The second-order valence-electron chi connectivity index (χ2n) is 6.22. The van der Waals surface area contributed by atoms with E-state index in [2.05, 4.69) is 20.6 Å². The van der Waals surface area contributed by atoms with Gasteiger partial charge in [-0.3, -0.25) is 0 Å². The number of carbonyl (C=O) groups is 1. The zero-order valence-corrected chi connectivity index (χ0v) is 15.2. The topological polar surface area (TPSA) is 105 Å². The minimum absolute atomic E-state index is 0.00427. The van der Waals surface area contributed by atoms with Crippen molar-refractivity contribution in [2.75, 3.05) is 23.4 Å². The van der Waals surface area contributed by atoms with Gasteiger partial charge in [0.15, 0.2) is 0 Å². The number of aromatic nitrogens is 2. The summed E-state index contributed by atoms with van der Waals surface area (Å²) in [5, 5.41) is 5.89. The van der Waals surface area contributed by atoms with Crippen LogP contribution in [0.5, 0.6) is 5.75 Å². The zero-order chi connectivity index (χ0) is 24.5. The number of para-hydroxylation sites is 2. The Bertz CT molecular complexity index is 1350. The molecule has 0 spiro atoms. The molecule has 2 aromatic heterocycles. The summed E-state index contributed by atoms with van der Waals surface area (Å²) in [4.78, 5) is 19.6. The van der Waals surface area contributed by atoms with Crippen molar-refractivity contribution in [3.05, 3.63) is 78.1 Å². The third kappa shape index (κ3) is 4.14. The Morgan fingerprint density at radius 3 is 2.86 bits per heavy atom. The van der Waals surface area contributed by atoms with Crippen molar-refractivity contribution in [2.24, 2.45) is 0 Å². The zero-order valence-electron chi connectivity index (χ0n) is 20.2. The Hall–Kier alpha value is -4.00. The summed E-state index contributed by atoms with van der Waals surface area (Å²) in [7, 11) is -2.67. The van der Waals surface area contributed by atoms with E-state index in [-0.39, 0.29) is 22.9 Å². The Labute approximate surface area is 174 Å². The van der Waals surface area contributed by atoms with Gasteiger partial charge in [-0.2, -0.15) is 0 Å². The molecule has 146 valence electrons. The van der Waals surface area contributed by atoms with Gasteiger partial charge in [-0.05, 0) is 48.0 Å². The molecule has 0 bridgehead atoms. The van der Waals surface area contributed by atoms with E-state index in [4.69, 9.17) is 17.3 Å². The summed E-state index contributed by atoms with van der Waals surface area (Å²) in [6, 6.07) is 15.3. The van der Waals surface area contributed by atoms with Gasteiger partial charge in [0, 0.05) is 31.9 Å². The first kappa shape index (κ1) is 13.2. The number of urea groups is 1. The summed E-state index contributed by atoms with van der Waals surface area (Å²) in [6.07, 6.45) is -0.447. The maximum Gasteiger partial charge on any atom is 0.323 e. The smallest absolute Gasteiger partial charge is 0.323 e. The molecule has 0 atom stereocenters. The first-order valence-corrected chi connectivity index (χ1v) is 8.73. The lowest BCUT2D eigenvalue weighted by Gasteiger charge is -2.11. The number of H-pyrrole nitrogens is 1. The number of hydrogen-bond acceptors (Lipinski definition) is 4. The van der Waals surface area contributed by atoms with Gasteiger partial charge in [-0.15, -0.1) is 0 Å². The highest BCUT2D eigenvalue weighted by Crippen LogP contribution is 2.27. The normalized spacial score (nSPS) is 14.1. The van der Waals surface area contributed by atoms with Crippen LogP contribution in [-0.2, 0) is 6.37 Å². The highest BCUT2D eigenvalue weighted by atomic mass is 16.5. The summed E-state index contributed by atoms with van der Waals surface area (Å²) in [5.74, 6) is 0.212. The number of benzene rings is 2. The number of pyridine rings is 1. The number of nitrogens with one attached hydrogen (secondary N) is 3. The van der Waals surface area contributed by atoms with Crippen LogP contribution in [-0.4, -0.2) is 23.0 Å². The molecule has 0 saturated carbocycles. The minimum atomic E-state index is -2.67. The van der Waals surface area contributed by atoms with Crippen molar-refractivity contribution in [1.29, 1.82) is 0 Å². The van der Waals surface area contributed by atoms with E-state index in [1.807, 2.05) is 0 Å². The van der Waals surface area contributed by atoms with Gasteiger partial charge in [0.05, 0.1) is 22.5 Å². The van der Waals surface area contributed by atoms with Crippen LogP contribution in [0.15, 0.2) is 66.9 Å². The molecule has 2 aromatic carbocycles.